The fourth-order valence-corrected chi connectivity index (χ4v) is 2.95. The van der Waals surface area contributed by atoms with Gasteiger partial charge in [-0.05, 0) is 63.4 Å². The van der Waals surface area contributed by atoms with Crippen LogP contribution < -0.4 is 10.2 Å². The number of rotatable bonds is 4. The van der Waals surface area contributed by atoms with Gasteiger partial charge in [-0.3, -0.25) is 0 Å². The Morgan fingerprint density at radius 3 is 2.57 bits per heavy atom. The molecule has 0 spiro atoms. The van der Waals surface area contributed by atoms with Crippen LogP contribution >= 0.6 is 0 Å². The highest BCUT2D eigenvalue weighted by atomic mass is 19.1. The minimum atomic E-state index is -0.570. The number of benzene rings is 1. The molecule has 0 amide bonds. The Hall–Kier alpha value is -1.13. The molecule has 118 valence electrons. The molecule has 1 atom stereocenters. The lowest BCUT2D eigenvalue weighted by molar-refractivity contribution is 0.0351. The fourth-order valence-electron chi connectivity index (χ4n) is 2.95. The zero-order valence-electron chi connectivity index (χ0n) is 13.5. The summed E-state index contributed by atoms with van der Waals surface area (Å²) in [4.78, 5) is 2.27. The van der Waals surface area contributed by atoms with Crippen LogP contribution in [0.2, 0.25) is 0 Å². The van der Waals surface area contributed by atoms with Gasteiger partial charge in [-0.25, -0.2) is 4.39 Å². The van der Waals surface area contributed by atoms with Crippen molar-refractivity contribution in [2.75, 3.05) is 24.5 Å². The number of piperidine rings is 1. The minimum absolute atomic E-state index is 0.113. The highest BCUT2D eigenvalue weighted by Gasteiger charge is 2.29. The van der Waals surface area contributed by atoms with E-state index < -0.39 is 5.60 Å². The van der Waals surface area contributed by atoms with Crippen LogP contribution in [0.5, 0.6) is 0 Å². The summed E-state index contributed by atoms with van der Waals surface area (Å²) in [6.45, 7) is 10.3. The quantitative estimate of drug-likeness (QED) is 0.895. The molecule has 0 aromatic heterocycles. The highest BCUT2D eigenvalue weighted by molar-refractivity contribution is 5.57. The summed E-state index contributed by atoms with van der Waals surface area (Å²) < 4.78 is 14.0. The summed E-state index contributed by atoms with van der Waals surface area (Å²) in [5.41, 5.74) is 2.20. The summed E-state index contributed by atoms with van der Waals surface area (Å²) in [5, 5.41) is 13.5. The van der Waals surface area contributed by atoms with Crippen LogP contribution in [0.4, 0.5) is 10.1 Å². The van der Waals surface area contributed by atoms with E-state index in [0.29, 0.717) is 5.56 Å². The Morgan fingerprint density at radius 1 is 1.38 bits per heavy atom. The number of anilines is 1. The lowest BCUT2D eigenvalue weighted by Gasteiger charge is -2.38. The van der Waals surface area contributed by atoms with Crippen molar-refractivity contribution in [3.05, 3.63) is 29.1 Å². The average Bonchev–Trinajstić information content (AvgIpc) is 2.42. The maximum absolute atomic E-state index is 14.0. The molecule has 1 saturated heterocycles. The van der Waals surface area contributed by atoms with Gasteiger partial charge in [0.05, 0.1) is 5.60 Å². The third-order valence-corrected chi connectivity index (χ3v) is 4.47. The van der Waals surface area contributed by atoms with Crippen LogP contribution in [-0.2, 0) is 0 Å². The van der Waals surface area contributed by atoms with Crippen LogP contribution in [0.15, 0.2) is 12.1 Å². The topological polar surface area (TPSA) is 35.5 Å². The first-order chi connectivity index (χ1) is 9.84. The van der Waals surface area contributed by atoms with Crippen molar-refractivity contribution in [2.24, 2.45) is 0 Å². The van der Waals surface area contributed by atoms with Crippen LogP contribution in [0, 0.1) is 12.7 Å². The van der Waals surface area contributed by atoms with Crippen LogP contribution in [-0.4, -0.2) is 30.3 Å². The van der Waals surface area contributed by atoms with Gasteiger partial charge >= 0.3 is 0 Å². The smallest absolute Gasteiger partial charge is 0.126 e. The summed E-state index contributed by atoms with van der Waals surface area (Å²) >= 11 is 0. The average molecular weight is 294 g/mol. The molecule has 2 N–H and O–H groups in total. The van der Waals surface area contributed by atoms with Crippen LogP contribution in [0.3, 0.4) is 0 Å². The number of hydrogen-bond donors (Lipinski definition) is 2. The third kappa shape index (κ3) is 3.74. The molecule has 0 aliphatic carbocycles. The monoisotopic (exact) mass is 294 g/mol. The van der Waals surface area contributed by atoms with Crippen molar-refractivity contribution in [1.29, 1.82) is 0 Å². The number of aliphatic hydroxyl groups is 1. The van der Waals surface area contributed by atoms with E-state index in [4.69, 9.17) is 0 Å². The molecule has 4 heteroatoms. The molecule has 0 bridgehead atoms. The van der Waals surface area contributed by atoms with E-state index in [2.05, 4.69) is 24.1 Å². The maximum Gasteiger partial charge on any atom is 0.126 e. The molecule has 1 unspecified atom stereocenters. The van der Waals surface area contributed by atoms with Gasteiger partial charge in [0.15, 0.2) is 0 Å². The number of halogens is 1. The van der Waals surface area contributed by atoms with Gasteiger partial charge in [-0.1, -0.05) is 6.92 Å². The predicted molar refractivity (Wildman–Crippen MR) is 85.3 cm³/mol. The normalized spacial score (nSPS) is 19.6. The largest absolute Gasteiger partial charge is 0.390 e. The van der Waals surface area contributed by atoms with Gasteiger partial charge in [0.25, 0.3) is 0 Å². The number of nitrogens with zero attached hydrogens (tertiary/aromatic N) is 1. The van der Waals surface area contributed by atoms with Crippen molar-refractivity contribution in [3.8, 4) is 0 Å². The van der Waals surface area contributed by atoms with Crippen molar-refractivity contribution in [1.82, 2.24) is 5.32 Å². The summed E-state index contributed by atoms with van der Waals surface area (Å²) in [6, 6.07) is 3.71. The summed E-state index contributed by atoms with van der Waals surface area (Å²) in [6.07, 6.45) is 1.50. The van der Waals surface area contributed by atoms with Crippen molar-refractivity contribution >= 4 is 5.69 Å². The lowest BCUT2D eigenvalue weighted by Crippen LogP contribution is -2.43. The number of aryl methyl sites for hydroxylation is 1. The van der Waals surface area contributed by atoms with Gasteiger partial charge in [-0.15, -0.1) is 0 Å². The molecule has 1 aliphatic heterocycles. The molecule has 1 heterocycles. The SMILES string of the molecule is CCNC(C)c1cc(F)c(C)cc1N1CCC(C)(O)CC1. The second-order valence-corrected chi connectivity index (χ2v) is 6.42. The summed E-state index contributed by atoms with van der Waals surface area (Å²) in [7, 11) is 0. The first-order valence-corrected chi connectivity index (χ1v) is 7.85. The fraction of sp³-hybridized carbons (Fsp3) is 0.647. The molecule has 1 aliphatic rings. The van der Waals surface area contributed by atoms with Crippen LogP contribution in [0.25, 0.3) is 0 Å². The molecule has 0 radical (unpaired) electrons. The second kappa shape index (κ2) is 6.32. The predicted octanol–water partition coefficient (Wildman–Crippen LogP) is 3.16. The van der Waals surface area contributed by atoms with E-state index in [9.17, 15) is 9.50 Å². The summed E-state index contributed by atoms with van der Waals surface area (Å²) in [5.74, 6) is -0.150. The molecular weight excluding hydrogens is 267 g/mol. The third-order valence-electron chi connectivity index (χ3n) is 4.47. The molecular formula is C17H27FN2O. The Bertz CT molecular complexity index is 492. The molecule has 3 nitrogen and oxygen atoms in total. The second-order valence-electron chi connectivity index (χ2n) is 6.42. The van der Waals surface area contributed by atoms with E-state index in [1.807, 2.05) is 13.0 Å². The first-order valence-electron chi connectivity index (χ1n) is 7.85. The molecule has 1 fully saturated rings. The molecule has 1 aromatic rings. The van der Waals surface area contributed by atoms with Crippen molar-refractivity contribution in [3.63, 3.8) is 0 Å². The Labute approximate surface area is 127 Å². The van der Waals surface area contributed by atoms with Gasteiger partial charge in [0.1, 0.15) is 5.82 Å². The van der Waals surface area contributed by atoms with E-state index in [0.717, 1.165) is 43.7 Å². The van der Waals surface area contributed by atoms with E-state index >= 15 is 0 Å². The maximum atomic E-state index is 14.0. The number of hydrogen-bond acceptors (Lipinski definition) is 3. The van der Waals surface area contributed by atoms with Gasteiger partial charge in [-0.2, -0.15) is 0 Å². The first kappa shape index (κ1) is 16.2. The van der Waals surface area contributed by atoms with Gasteiger partial charge < -0.3 is 15.3 Å². The van der Waals surface area contributed by atoms with E-state index in [1.165, 1.54) is 0 Å². The molecule has 2 rings (SSSR count). The lowest BCUT2D eigenvalue weighted by atomic mass is 9.92. The Balaban J connectivity index is 2.31. The molecule has 21 heavy (non-hydrogen) atoms. The zero-order chi connectivity index (χ0) is 15.6. The van der Waals surface area contributed by atoms with Gasteiger partial charge in [0, 0.05) is 24.8 Å². The standard InChI is InChI=1S/C17H27FN2O/c1-5-19-13(3)14-11-15(18)12(2)10-16(14)20-8-6-17(4,21)7-9-20/h10-11,13,19,21H,5-9H2,1-4H3. The van der Waals surface area contributed by atoms with Crippen LogP contribution in [0.1, 0.15) is 50.8 Å². The van der Waals surface area contributed by atoms with E-state index in [1.54, 1.807) is 13.0 Å². The number of nitrogens with one attached hydrogen (secondary N) is 1. The molecule has 0 saturated carbocycles. The minimum Gasteiger partial charge on any atom is -0.390 e. The van der Waals surface area contributed by atoms with Gasteiger partial charge in [0.2, 0.25) is 0 Å². The van der Waals surface area contributed by atoms with Crippen molar-refractivity contribution < 1.29 is 9.50 Å². The zero-order valence-corrected chi connectivity index (χ0v) is 13.5. The van der Waals surface area contributed by atoms with Crippen molar-refractivity contribution in [2.45, 2.75) is 52.2 Å². The Kier molecular flexibility index (Phi) is 4.89. The molecule has 1 aromatic carbocycles. The van der Waals surface area contributed by atoms with E-state index in [-0.39, 0.29) is 11.9 Å². The highest BCUT2D eigenvalue weighted by Crippen LogP contribution is 2.33. The Morgan fingerprint density at radius 2 is 2.00 bits per heavy atom.